The van der Waals surface area contributed by atoms with Crippen LogP contribution in [0.15, 0.2) is 47.6 Å². The van der Waals surface area contributed by atoms with Crippen molar-refractivity contribution in [1.82, 2.24) is 4.90 Å². The van der Waals surface area contributed by atoms with E-state index in [1.54, 1.807) is 34.1 Å². The maximum Gasteiger partial charge on any atom is 0.326 e. The average molecular weight is 856 g/mol. The third-order valence-electron chi connectivity index (χ3n) is 13.9. The molecule has 0 aromatic rings. The molecular formula is C49H77NO11. The van der Waals surface area contributed by atoms with E-state index in [1.807, 2.05) is 51.2 Å². The van der Waals surface area contributed by atoms with Gasteiger partial charge in [0.15, 0.2) is 0 Å². The Hall–Kier alpha value is -3.29. The largest absolute Gasteiger partial charge is 0.480 e. The maximum absolute atomic E-state index is 13.7. The van der Waals surface area contributed by atoms with Crippen LogP contribution in [0.4, 0.5) is 0 Å². The van der Waals surface area contributed by atoms with Crippen LogP contribution in [-0.4, -0.2) is 105 Å². The number of ether oxygens (including phenoxy) is 2. The van der Waals surface area contributed by atoms with Gasteiger partial charge in [0.1, 0.15) is 17.6 Å². The van der Waals surface area contributed by atoms with Gasteiger partial charge in [-0.2, -0.15) is 0 Å². The Balaban J connectivity index is 1.90. The number of carbonyl (C=O) groups excluding carboxylic acids is 4. The molecule has 12 nitrogen and oxygen atoms in total. The highest BCUT2D eigenvalue weighted by Gasteiger charge is 2.48. The number of fused-ring (bicyclic) bond motifs is 25. The predicted octanol–water partition coefficient (Wildman–Crippen LogP) is 7.34. The summed E-state index contributed by atoms with van der Waals surface area (Å²) >= 11 is 0. The molecule has 4 N–H and O–H groups in total. The first kappa shape index (κ1) is 52.1. The number of amides is 1. The van der Waals surface area contributed by atoms with Crippen LogP contribution in [-0.2, 0) is 33.4 Å². The highest BCUT2D eigenvalue weighted by molar-refractivity contribution is 6.39. The van der Waals surface area contributed by atoms with Crippen LogP contribution in [0.3, 0.4) is 0 Å². The number of hydrogen-bond donors (Lipinski definition) is 4. The molecule has 4 aliphatic rings. The Labute approximate surface area is 364 Å². The van der Waals surface area contributed by atoms with E-state index in [4.69, 9.17) is 9.47 Å². The zero-order valence-electron chi connectivity index (χ0n) is 38.2. The van der Waals surface area contributed by atoms with E-state index in [0.29, 0.717) is 50.0 Å². The Bertz CT molecular complexity index is 1600. The fourth-order valence-electron chi connectivity index (χ4n) is 9.67. The Morgan fingerprint density at radius 1 is 0.820 bits per heavy atom. The first-order chi connectivity index (χ1) is 28.8. The van der Waals surface area contributed by atoms with Gasteiger partial charge >= 0.3 is 5.97 Å². The number of allylic oxidation sites excluding steroid dienone is 6. The highest BCUT2D eigenvalue weighted by atomic mass is 16.5. The van der Waals surface area contributed by atoms with E-state index >= 15 is 0 Å². The number of carboxylic acid groups (broad SMARTS) is 1. The molecule has 0 radical (unpaired) electrons. The maximum atomic E-state index is 13.7. The van der Waals surface area contributed by atoms with Gasteiger partial charge in [0, 0.05) is 51.4 Å². The zero-order valence-corrected chi connectivity index (χ0v) is 38.2. The molecule has 61 heavy (non-hydrogen) atoms. The van der Waals surface area contributed by atoms with Gasteiger partial charge < -0.3 is 34.8 Å². The first-order valence-electron chi connectivity index (χ1n) is 22.8. The van der Waals surface area contributed by atoms with Crippen LogP contribution in [0.2, 0.25) is 0 Å². The van der Waals surface area contributed by atoms with E-state index in [9.17, 15) is 44.4 Å². The number of piperidine rings is 1. The molecule has 3 heterocycles. The highest BCUT2D eigenvalue weighted by Crippen LogP contribution is 2.40. The van der Waals surface area contributed by atoms with Crippen molar-refractivity contribution in [3.63, 3.8) is 0 Å². The van der Waals surface area contributed by atoms with Gasteiger partial charge in [-0.1, -0.05) is 89.8 Å². The van der Waals surface area contributed by atoms with Crippen molar-refractivity contribution in [2.45, 2.75) is 168 Å². The van der Waals surface area contributed by atoms with Crippen LogP contribution in [0.5, 0.6) is 0 Å². The smallest absolute Gasteiger partial charge is 0.326 e. The summed E-state index contributed by atoms with van der Waals surface area (Å²) in [7, 11) is 3.34. The minimum atomic E-state index is -2.98. The van der Waals surface area contributed by atoms with E-state index in [2.05, 4.69) is 0 Å². The van der Waals surface area contributed by atoms with E-state index in [-0.39, 0.29) is 79.7 Å². The number of carbonyl (C=O) groups is 5. The van der Waals surface area contributed by atoms with E-state index < -0.39 is 47.4 Å². The quantitative estimate of drug-likeness (QED) is 0.123. The number of rotatable bonds is 5. The summed E-state index contributed by atoms with van der Waals surface area (Å²) in [5.41, 5.74) is 1.56. The van der Waals surface area contributed by atoms with Gasteiger partial charge in [0.25, 0.3) is 11.7 Å². The normalized spacial score (nSPS) is 37.0. The standard InChI is InChI=1S/C49H77NO11/c1-31-15-10-9-11-16-32(2)45(61-8)20-13-12-17-36(6)49(58,59)46(54)47(55)50-24-23-39(29-41(50)48(56)57)38(27-37-18-14-19-40(28-37)60-7)21-22-42(51)34(4)26-35(5)44(53)30-43(52)33(3)25-31/h9-11,15-16,26,31,33-34,36-41,44-45,53,58-59H,12-14,17-25,27-30H2,1-8H3,(H,56,57)/b11-9+,15-10+,32-16+,35-26+/t31-,33-,34-,36-,37+,38?,39+,40+,41+,44+,45+/m1/s1. The summed E-state index contributed by atoms with van der Waals surface area (Å²) in [6.45, 7) is 10.9. The van der Waals surface area contributed by atoms with Crippen LogP contribution < -0.4 is 0 Å². The number of aliphatic hydroxyl groups excluding tert-OH is 1. The van der Waals surface area contributed by atoms with E-state index in [0.717, 1.165) is 42.6 Å². The lowest BCUT2D eigenvalue weighted by Crippen LogP contribution is -2.58. The van der Waals surface area contributed by atoms with Crippen LogP contribution in [0.25, 0.3) is 0 Å². The molecule has 344 valence electrons. The van der Waals surface area contributed by atoms with Gasteiger partial charge in [-0.15, -0.1) is 0 Å². The van der Waals surface area contributed by atoms with Crippen LogP contribution >= 0.6 is 0 Å². The molecule has 0 aromatic carbocycles. The lowest BCUT2D eigenvalue weighted by Gasteiger charge is -2.42. The van der Waals surface area contributed by atoms with Crippen molar-refractivity contribution in [3.05, 3.63) is 47.6 Å². The lowest BCUT2D eigenvalue weighted by atomic mass is 9.71. The second-order valence-electron chi connectivity index (χ2n) is 18.7. The van der Waals surface area contributed by atoms with Gasteiger partial charge in [0.2, 0.25) is 5.79 Å². The molecule has 0 spiro atoms. The van der Waals surface area contributed by atoms with Gasteiger partial charge in [-0.25, -0.2) is 4.79 Å². The molecule has 1 aliphatic carbocycles. The molecule has 1 saturated heterocycles. The summed E-state index contributed by atoms with van der Waals surface area (Å²) in [6.07, 6.45) is 18.9. The molecular weight excluding hydrogens is 779 g/mol. The molecule has 4 rings (SSSR count). The summed E-state index contributed by atoms with van der Waals surface area (Å²) < 4.78 is 11.4. The van der Waals surface area contributed by atoms with Gasteiger partial charge in [-0.3, -0.25) is 19.2 Å². The first-order valence-corrected chi connectivity index (χ1v) is 22.8. The molecule has 1 amide bonds. The average Bonchev–Trinajstić information content (AvgIpc) is 3.23. The summed E-state index contributed by atoms with van der Waals surface area (Å²) in [4.78, 5) is 67.8. The Kier molecular flexibility index (Phi) is 21.4. The van der Waals surface area contributed by atoms with E-state index in [1.165, 1.54) is 6.92 Å². The van der Waals surface area contributed by atoms with Gasteiger partial charge in [0.05, 0.1) is 18.3 Å². The van der Waals surface area contributed by atoms with Crippen LogP contribution in [0, 0.1) is 41.4 Å². The van der Waals surface area contributed by atoms with Crippen molar-refractivity contribution in [1.29, 1.82) is 0 Å². The molecule has 12 heteroatoms. The number of nitrogens with zero attached hydrogens (tertiary/aromatic N) is 1. The van der Waals surface area contributed by atoms with Crippen molar-refractivity contribution >= 4 is 29.2 Å². The SMILES string of the molecule is CO[C@H]1CCC[C@@H](CC2CCC(=O)[C@H](C)/C=C(\C)[C@@H](O)CC(=O)[C@H](C)C[C@H](C)/C=C/C=C/C=C(\C)[C@@H](OC)CCCC[C@@H](C)C(O)(O)C(=O)C(=O)N3CC[C@H]2C[C@H]3C(=O)O)C1. The number of aliphatic hydroxyl groups is 3. The zero-order chi connectivity index (χ0) is 45.4. The summed E-state index contributed by atoms with van der Waals surface area (Å²) in [6, 6.07) is -1.35. The van der Waals surface area contributed by atoms with Crippen molar-refractivity contribution in [2.75, 3.05) is 20.8 Å². The molecule has 0 aromatic heterocycles. The fraction of sp³-hybridized carbons (Fsp3) is 0.735. The lowest BCUT2D eigenvalue weighted by molar-refractivity contribution is -0.205. The number of ketones is 3. The molecule has 3 aliphatic heterocycles. The topological polar surface area (TPSA) is 188 Å². The summed E-state index contributed by atoms with van der Waals surface area (Å²) in [5, 5.41) is 43.5. The second-order valence-corrected chi connectivity index (χ2v) is 18.7. The molecule has 11 atom stereocenters. The molecule has 2 bridgehead atoms. The summed E-state index contributed by atoms with van der Waals surface area (Å²) in [5.74, 6) is -8.50. The van der Waals surface area contributed by atoms with Crippen LogP contribution in [0.1, 0.15) is 138 Å². The minimum absolute atomic E-state index is 0.0242. The third-order valence-corrected chi connectivity index (χ3v) is 13.9. The Morgan fingerprint density at radius 2 is 1.52 bits per heavy atom. The number of carboxylic acids is 1. The number of methoxy groups -OCH3 is 2. The van der Waals surface area contributed by atoms with Crippen molar-refractivity contribution in [2.24, 2.45) is 41.4 Å². The van der Waals surface area contributed by atoms with Crippen molar-refractivity contribution in [3.8, 4) is 0 Å². The number of aliphatic carboxylic acids is 1. The molecule has 1 unspecified atom stereocenters. The van der Waals surface area contributed by atoms with Crippen molar-refractivity contribution < 1.29 is 53.9 Å². The molecule has 2 fully saturated rings. The minimum Gasteiger partial charge on any atom is -0.480 e. The van der Waals surface area contributed by atoms with Gasteiger partial charge in [-0.05, 0) is 106 Å². The third kappa shape index (κ3) is 15.8. The number of hydrogen-bond acceptors (Lipinski definition) is 10. The number of Topliss-reactive ketones (excluding diaryl/α,β-unsaturated/α-hetero) is 3. The molecule has 1 saturated carbocycles. The monoisotopic (exact) mass is 856 g/mol. The predicted molar refractivity (Wildman–Crippen MR) is 235 cm³/mol. The fourth-order valence-corrected chi connectivity index (χ4v) is 9.67. The second kappa shape index (κ2) is 25.1. The Morgan fingerprint density at radius 3 is 2.20 bits per heavy atom.